The molecule has 0 atom stereocenters. The van der Waals surface area contributed by atoms with Crippen molar-refractivity contribution in [2.75, 3.05) is 13.1 Å². The van der Waals surface area contributed by atoms with Crippen LogP contribution in [-0.2, 0) is 6.50 Å². The van der Waals surface area contributed by atoms with E-state index in [1.54, 1.807) is 0 Å². The molecule has 1 aliphatic rings. The molecule has 0 radical (unpaired) electrons. The van der Waals surface area contributed by atoms with Gasteiger partial charge in [-0.25, -0.2) is 9.97 Å². The number of rotatable bonds is 5. The van der Waals surface area contributed by atoms with Gasteiger partial charge in [-0.3, -0.25) is 4.79 Å². The minimum absolute atomic E-state index is 0.0708. The molecule has 30 heavy (non-hydrogen) atoms. The maximum absolute atomic E-state index is 13.8. The molecule has 0 saturated carbocycles. The third-order valence-electron chi connectivity index (χ3n) is 3.55. The van der Waals surface area contributed by atoms with Crippen LogP contribution in [0.2, 0.25) is 0 Å². The van der Waals surface area contributed by atoms with E-state index in [1.807, 2.05) is 0 Å². The van der Waals surface area contributed by atoms with Crippen molar-refractivity contribution >= 4 is 5.91 Å². The van der Waals surface area contributed by atoms with Gasteiger partial charge in [0, 0.05) is 19.3 Å². The van der Waals surface area contributed by atoms with Gasteiger partial charge in [0.05, 0.1) is 33.6 Å². The Labute approximate surface area is 187 Å². The number of aromatic nitrogens is 2. The highest BCUT2D eigenvalue weighted by molar-refractivity contribution is 5.98. The zero-order valence-electron chi connectivity index (χ0n) is 26.3. The highest BCUT2D eigenvalue weighted by Crippen LogP contribution is 2.31. The van der Waals surface area contributed by atoms with Crippen molar-refractivity contribution in [2.45, 2.75) is 19.5 Å². The average Bonchev–Trinajstić information content (AvgIpc) is 2.99. The summed E-state index contributed by atoms with van der Waals surface area (Å²) in [5.74, 6) is -4.03. The van der Waals surface area contributed by atoms with Crippen molar-refractivity contribution in [3.8, 4) is 22.6 Å². The molecule has 6 nitrogen and oxygen atoms in total. The topological polar surface area (TPSA) is 64.6 Å². The standard InChI is InChI=1S/C22H19F2N3O3/c1-22(23,24)30-17-6-3-15(4-7-17)16-5-8-19-18(13-16)21(28)27(11-12-29-19)14-20-25-9-2-10-26-20/h2-10,13H,11-12,14H2,1H3/i3D,4D,5D,6D,7D,8D,11D2,13D,14D2. The maximum atomic E-state index is 13.8. The number of carbonyl (C=O) groups excluding carboxylic acids is 1. The van der Waals surface area contributed by atoms with Crippen LogP contribution in [0.15, 0.2) is 60.8 Å². The van der Waals surface area contributed by atoms with E-state index in [1.165, 1.54) is 6.07 Å². The van der Waals surface area contributed by atoms with Gasteiger partial charge in [0.25, 0.3) is 5.91 Å². The van der Waals surface area contributed by atoms with Gasteiger partial charge in [-0.2, -0.15) is 8.78 Å². The Morgan fingerprint density at radius 2 is 1.93 bits per heavy atom. The van der Waals surface area contributed by atoms with Crippen LogP contribution in [0.5, 0.6) is 11.5 Å². The second-order valence-electron chi connectivity index (χ2n) is 5.84. The summed E-state index contributed by atoms with van der Waals surface area (Å²) in [4.78, 5) is 21.4. The highest BCUT2D eigenvalue weighted by Gasteiger charge is 2.25. The lowest BCUT2D eigenvalue weighted by molar-refractivity contribution is -0.158. The minimum Gasteiger partial charge on any atom is -0.491 e. The van der Waals surface area contributed by atoms with Crippen LogP contribution in [0.4, 0.5) is 8.78 Å². The number of alkyl halides is 2. The minimum atomic E-state index is -3.89. The lowest BCUT2D eigenvalue weighted by Crippen LogP contribution is -2.32. The molecule has 1 amide bonds. The Morgan fingerprint density at radius 3 is 2.63 bits per heavy atom. The molecule has 154 valence electrons. The fourth-order valence-electron chi connectivity index (χ4n) is 2.33. The Kier molecular flexibility index (Phi) is 2.81. The van der Waals surface area contributed by atoms with Crippen molar-refractivity contribution in [3.63, 3.8) is 0 Å². The molecule has 0 unspecified atom stereocenters. The zero-order chi connectivity index (χ0) is 30.8. The monoisotopic (exact) mass is 422 g/mol. The van der Waals surface area contributed by atoms with Gasteiger partial charge in [0.2, 0.25) is 0 Å². The molecule has 3 aromatic rings. The van der Waals surface area contributed by atoms with Gasteiger partial charge >= 0.3 is 6.11 Å². The summed E-state index contributed by atoms with van der Waals surface area (Å²) in [6, 6.07) is -5.76. The second kappa shape index (κ2) is 8.06. The quantitative estimate of drug-likeness (QED) is 0.618. The first kappa shape index (κ1) is 10.5. The van der Waals surface area contributed by atoms with E-state index in [2.05, 4.69) is 14.7 Å². The van der Waals surface area contributed by atoms with E-state index >= 15 is 0 Å². The third-order valence-corrected chi connectivity index (χ3v) is 3.55. The van der Waals surface area contributed by atoms with E-state index in [0.717, 1.165) is 12.4 Å². The predicted octanol–water partition coefficient (Wildman–Crippen LogP) is 4.17. The number of ether oxygens (including phenoxy) is 2. The number of halogens is 2. The van der Waals surface area contributed by atoms with Gasteiger partial charge in [-0.1, -0.05) is 18.1 Å². The number of hydrogen-bond donors (Lipinski definition) is 0. The van der Waals surface area contributed by atoms with E-state index in [-0.39, 0.29) is 4.90 Å². The Morgan fingerprint density at radius 1 is 1.23 bits per heavy atom. The van der Waals surface area contributed by atoms with Crippen LogP contribution in [0.3, 0.4) is 0 Å². The number of amides is 1. The smallest absolute Gasteiger partial charge is 0.394 e. The molecule has 0 fully saturated rings. The van der Waals surface area contributed by atoms with Gasteiger partial charge in [-0.05, 0) is 41.4 Å². The van der Waals surface area contributed by atoms with Crippen molar-refractivity contribution in [1.29, 1.82) is 0 Å². The molecular formula is C22H19F2N3O3. The summed E-state index contributed by atoms with van der Waals surface area (Å²) in [7, 11) is 0. The Hall–Kier alpha value is -3.55. The zero-order valence-corrected chi connectivity index (χ0v) is 15.3. The van der Waals surface area contributed by atoms with Crippen molar-refractivity contribution < 1.29 is 38.1 Å². The second-order valence-corrected chi connectivity index (χ2v) is 5.84. The average molecular weight is 422 g/mol. The summed E-state index contributed by atoms with van der Waals surface area (Å²) in [6.45, 7) is -6.70. The molecule has 4 rings (SSSR count). The van der Waals surface area contributed by atoms with E-state index in [9.17, 15) is 13.6 Å². The Bertz CT molecular complexity index is 1540. The van der Waals surface area contributed by atoms with Crippen molar-refractivity contribution in [1.82, 2.24) is 14.9 Å². The van der Waals surface area contributed by atoms with E-state index < -0.39 is 108 Å². The largest absolute Gasteiger partial charge is 0.491 e. The molecule has 0 N–H and O–H groups in total. The van der Waals surface area contributed by atoms with E-state index in [0.29, 0.717) is 6.92 Å². The lowest BCUT2D eigenvalue weighted by atomic mass is 10.0. The Balaban J connectivity index is 2.03. The van der Waals surface area contributed by atoms with Gasteiger partial charge in [0.15, 0.2) is 0 Å². The number of fused-ring (bicyclic) bond motifs is 1. The van der Waals surface area contributed by atoms with Gasteiger partial charge in [-0.15, -0.1) is 0 Å². The molecule has 0 spiro atoms. The number of hydrogen-bond acceptors (Lipinski definition) is 5. The van der Waals surface area contributed by atoms with Crippen LogP contribution in [0.1, 0.15) is 38.2 Å². The summed E-state index contributed by atoms with van der Waals surface area (Å²) in [6.07, 6.45) is -1.59. The van der Waals surface area contributed by atoms with Crippen LogP contribution < -0.4 is 9.47 Å². The fraction of sp³-hybridized carbons (Fsp3) is 0.227. The van der Waals surface area contributed by atoms with Crippen LogP contribution in [0, 0.1) is 0 Å². The molecule has 1 aliphatic heterocycles. The summed E-state index contributed by atoms with van der Waals surface area (Å²) >= 11 is 0. The number of carbonyl (C=O) groups is 1. The number of benzene rings is 2. The fourth-order valence-corrected chi connectivity index (χ4v) is 2.33. The molecule has 0 saturated heterocycles. The normalized spacial score (nSPS) is 21.4. The summed E-state index contributed by atoms with van der Waals surface area (Å²) in [5.41, 5.74) is -2.53. The number of nitrogens with zero attached hydrogens (tertiary/aromatic N) is 3. The lowest BCUT2D eigenvalue weighted by Gasteiger charge is -2.19. The first-order chi connectivity index (χ1) is 18.8. The van der Waals surface area contributed by atoms with Gasteiger partial charge in [0.1, 0.15) is 23.9 Å². The molecule has 2 heterocycles. The molecule has 8 heteroatoms. The van der Waals surface area contributed by atoms with Crippen molar-refractivity contribution in [2.24, 2.45) is 0 Å². The predicted molar refractivity (Wildman–Crippen MR) is 105 cm³/mol. The summed E-state index contributed by atoms with van der Waals surface area (Å²) < 4.78 is 129. The molecule has 0 aliphatic carbocycles. The van der Waals surface area contributed by atoms with Crippen LogP contribution in [0.25, 0.3) is 11.1 Å². The maximum Gasteiger partial charge on any atom is 0.394 e. The SMILES string of the molecule is [2H]c1c([2H])c(-c2c([2H])c([2H])c3c(c2[2H])C(=O)N(C([2H])([2H])c2ncccn2)C([2H])([2H])CO3)c([2H])c([2H])c1OC(C)(F)F. The first-order valence-corrected chi connectivity index (χ1v) is 8.39. The van der Waals surface area contributed by atoms with Crippen LogP contribution >= 0.6 is 0 Å². The molecule has 1 aromatic heterocycles. The molecule has 0 bridgehead atoms. The molecular weight excluding hydrogens is 392 g/mol. The van der Waals surface area contributed by atoms with Crippen LogP contribution in [-0.4, -0.2) is 40.0 Å². The third kappa shape index (κ3) is 4.53. The van der Waals surface area contributed by atoms with Gasteiger partial charge < -0.3 is 14.4 Å². The van der Waals surface area contributed by atoms with E-state index in [4.69, 9.17) is 19.8 Å². The highest BCUT2D eigenvalue weighted by atomic mass is 19.3. The summed E-state index contributed by atoms with van der Waals surface area (Å²) in [5, 5.41) is 0. The molecule has 2 aromatic carbocycles. The van der Waals surface area contributed by atoms with Crippen molar-refractivity contribution in [3.05, 3.63) is 72.1 Å². The first-order valence-electron chi connectivity index (χ1n) is 13.9.